The molecule has 0 spiro atoms. The van der Waals surface area contributed by atoms with E-state index in [1.54, 1.807) is 0 Å². The summed E-state index contributed by atoms with van der Waals surface area (Å²) in [5, 5.41) is 2.30. The summed E-state index contributed by atoms with van der Waals surface area (Å²) in [5.74, 6) is 0. The van der Waals surface area contributed by atoms with Crippen molar-refractivity contribution in [3.8, 4) is 55.9 Å². The average Bonchev–Trinajstić information content (AvgIpc) is 3.52. The second-order valence-corrected chi connectivity index (χ2v) is 13.6. The van der Waals surface area contributed by atoms with E-state index in [-0.39, 0.29) is 0 Å². The van der Waals surface area contributed by atoms with Crippen LogP contribution in [0.25, 0.3) is 77.8 Å². The zero-order valence-electron chi connectivity index (χ0n) is 28.5. The van der Waals surface area contributed by atoms with Crippen molar-refractivity contribution in [3.63, 3.8) is 0 Å². The van der Waals surface area contributed by atoms with Crippen molar-refractivity contribution < 1.29 is 4.42 Å². The van der Waals surface area contributed by atoms with Crippen molar-refractivity contribution >= 4 is 27.6 Å². The fraction of sp³-hybridized carbons (Fsp3) is 0.0408. The molecule has 3 heteroatoms. The largest absolute Gasteiger partial charge is 0.456 e. The molecular formula is C49H34N2O. The topological polar surface area (TPSA) is 29.3 Å². The van der Waals surface area contributed by atoms with Crippen LogP contribution >= 0.6 is 0 Å². The second-order valence-electron chi connectivity index (χ2n) is 13.6. The molecule has 3 nitrogen and oxygen atoms in total. The fourth-order valence-electron chi connectivity index (χ4n) is 7.79. The number of hydrogen-bond donors (Lipinski definition) is 0. The lowest BCUT2D eigenvalue weighted by atomic mass is 9.89. The Balaban J connectivity index is 1.17. The van der Waals surface area contributed by atoms with Gasteiger partial charge in [0.1, 0.15) is 11.2 Å². The molecule has 3 heterocycles. The smallest absolute Gasteiger partial charge is 0.136 e. The van der Waals surface area contributed by atoms with E-state index in [2.05, 4.69) is 181 Å². The first-order chi connectivity index (χ1) is 25.7. The van der Waals surface area contributed by atoms with Crippen molar-refractivity contribution in [1.82, 2.24) is 4.98 Å². The first-order valence-corrected chi connectivity index (χ1v) is 17.9. The van der Waals surface area contributed by atoms with Gasteiger partial charge in [0.15, 0.2) is 0 Å². The molecule has 2 aromatic heterocycles. The summed E-state index contributed by atoms with van der Waals surface area (Å²) in [5.41, 5.74) is 17.0. The molecule has 52 heavy (non-hydrogen) atoms. The summed E-state index contributed by atoms with van der Waals surface area (Å²) in [6, 6.07) is 65.0. The van der Waals surface area contributed by atoms with Crippen LogP contribution in [0.2, 0.25) is 0 Å². The van der Waals surface area contributed by atoms with Gasteiger partial charge in [-0.3, -0.25) is 0 Å². The van der Waals surface area contributed by atoms with Gasteiger partial charge in [0.25, 0.3) is 0 Å². The number of nitrogens with zero attached hydrogens (tertiary/aromatic N) is 2. The van der Waals surface area contributed by atoms with Gasteiger partial charge in [-0.05, 0) is 93.0 Å². The molecule has 0 aliphatic carbocycles. The van der Waals surface area contributed by atoms with Gasteiger partial charge in [-0.15, -0.1) is 0 Å². The molecule has 0 saturated carbocycles. The molecule has 0 atom stereocenters. The second kappa shape index (κ2) is 12.6. The molecular weight excluding hydrogens is 633 g/mol. The first-order valence-electron chi connectivity index (χ1n) is 17.9. The molecule has 0 bridgehead atoms. The van der Waals surface area contributed by atoms with Gasteiger partial charge < -0.3 is 9.32 Å². The Morgan fingerprint density at radius 3 is 1.63 bits per heavy atom. The maximum absolute atomic E-state index is 6.30. The molecule has 0 amide bonds. The number of hydrogen-bond acceptors (Lipinski definition) is 3. The van der Waals surface area contributed by atoms with Gasteiger partial charge in [-0.25, -0.2) is 4.98 Å². The third-order valence-electron chi connectivity index (χ3n) is 10.4. The lowest BCUT2D eigenvalue weighted by Crippen LogP contribution is -2.20. The highest BCUT2D eigenvalue weighted by molar-refractivity contribution is 6.12. The monoisotopic (exact) mass is 666 g/mol. The Morgan fingerprint density at radius 1 is 0.404 bits per heavy atom. The number of fused-ring (bicyclic) bond motifs is 6. The summed E-state index contributed by atoms with van der Waals surface area (Å²) >= 11 is 0. The Kier molecular flexibility index (Phi) is 7.28. The predicted molar refractivity (Wildman–Crippen MR) is 215 cm³/mol. The molecule has 0 unspecified atom stereocenters. The normalized spacial score (nSPS) is 12.4. The van der Waals surface area contributed by atoms with Gasteiger partial charge >= 0.3 is 0 Å². The van der Waals surface area contributed by atoms with Gasteiger partial charge in [0.05, 0.1) is 11.4 Å². The van der Waals surface area contributed by atoms with E-state index in [1.807, 2.05) is 6.07 Å². The molecule has 9 aromatic rings. The molecule has 0 radical (unpaired) electrons. The number of para-hydroxylation sites is 2. The van der Waals surface area contributed by atoms with Crippen molar-refractivity contribution in [1.29, 1.82) is 0 Å². The Bertz CT molecular complexity index is 2670. The highest BCUT2D eigenvalue weighted by Crippen LogP contribution is 2.42. The molecule has 1 aliphatic rings. The molecule has 7 aromatic carbocycles. The van der Waals surface area contributed by atoms with Crippen LogP contribution in [0.1, 0.15) is 11.1 Å². The minimum absolute atomic E-state index is 0.812. The van der Waals surface area contributed by atoms with Crippen LogP contribution in [0.3, 0.4) is 0 Å². The Labute approximate surface area is 303 Å². The van der Waals surface area contributed by atoms with Gasteiger partial charge in [-0.1, -0.05) is 133 Å². The standard InChI is InChI=1S/C49H34N2O/c1-4-13-33(14-5-1)45-29-39(30-46(50-45)34-15-6-2-7-16-34)35-23-25-37-31-51(40-17-8-3-9-18-40)32-38-26-24-36(28-44(38)43(37)27-35)41-20-12-22-48-49(41)42-19-10-11-21-47(42)52-48/h1-30H,31-32H2. The van der Waals surface area contributed by atoms with Crippen LogP contribution in [0.5, 0.6) is 0 Å². The first kappa shape index (κ1) is 30.1. The molecule has 0 fully saturated rings. The fourth-order valence-corrected chi connectivity index (χ4v) is 7.79. The van der Waals surface area contributed by atoms with Crippen LogP contribution in [0, 0.1) is 0 Å². The summed E-state index contributed by atoms with van der Waals surface area (Å²) < 4.78 is 6.30. The zero-order valence-corrected chi connectivity index (χ0v) is 28.5. The maximum Gasteiger partial charge on any atom is 0.136 e. The third-order valence-corrected chi connectivity index (χ3v) is 10.4. The SMILES string of the molecule is c1ccc(-c2cc(-c3ccc4c(c3)-c3cc(-c5cccc6oc7ccccc7c56)ccc3CN(c3ccccc3)C4)cc(-c3ccccc3)n2)cc1. The quantitative estimate of drug-likeness (QED) is 0.183. The number of aromatic nitrogens is 1. The van der Waals surface area contributed by atoms with E-state index in [1.165, 1.54) is 44.6 Å². The summed E-state index contributed by atoms with van der Waals surface area (Å²) in [7, 11) is 0. The predicted octanol–water partition coefficient (Wildman–Crippen LogP) is 12.8. The average molecular weight is 667 g/mol. The van der Waals surface area contributed by atoms with Crippen LogP contribution < -0.4 is 4.90 Å². The number of pyridine rings is 1. The minimum Gasteiger partial charge on any atom is -0.456 e. The van der Waals surface area contributed by atoms with Crippen LogP contribution in [-0.4, -0.2) is 4.98 Å². The van der Waals surface area contributed by atoms with Crippen LogP contribution in [0.15, 0.2) is 186 Å². The lowest BCUT2D eigenvalue weighted by Gasteiger charge is -2.24. The number of rotatable bonds is 5. The van der Waals surface area contributed by atoms with Gasteiger partial charge in [0, 0.05) is 40.7 Å². The maximum atomic E-state index is 6.30. The van der Waals surface area contributed by atoms with Crippen molar-refractivity contribution in [3.05, 3.63) is 193 Å². The van der Waals surface area contributed by atoms with Crippen molar-refractivity contribution in [2.45, 2.75) is 13.1 Å². The lowest BCUT2D eigenvalue weighted by molar-refractivity contribution is 0.669. The van der Waals surface area contributed by atoms with E-state index in [0.29, 0.717) is 0 Å². The molecule has 0 N–H and O–H groups in total. The molecule has 1 aliphatic heterocycles. The molecule has 246 valence electrons. The Morgan fingerprint density at radius 2 is 0.962 bits per heavy atom. The zero-order chi connectivity index (χ0) is 34.4. The van der Waals surface area contributed by atoms with Gasteiger partial charge in [-0.2, -0.15) is 0 Å². The number of benzene rings is 7. The highest BCUT2D eigenvalue weighted by Gasteiger charge is 2.23. The summed E-state index contributed by atoms with van der Waals surface area (Å²) in [6.07, 6.45) is 0. The number of furan rings is 1. The van der Waals surface area contributed by atoms with Crippen molar-refractivity contribution in [2.24, 2.45) is 0 Å². The van der Waals surface area contributed by atoms with E-state index < -0.39 is 0 Å². The van der Waals surface area contributed by atoms with Crippen LogP contribution in [-0.2, 0) is 13.1 Å². The van der Waals surface area contributed by atoms with E-state index in [0.717, 1.165) is 63.1 Å². The number of anilines is 1. The Hall–Kier alpha value is -6.71. The highest BCUT2D eigenvalue weighted by atomic mass is 16.3. The third kappa shape index (κ3) is 5.35. The van der Waals surface area contributed by atoms with Gasteiger partial charge in [0.2, 0.25) is 0 Å². The van der Waals surface area contributed by atoms with Crippen LogP contribution in [0.4, 0.5) is 5.69 Å². The van der Waals surface area contributed by atoms with Crippen molar-refractivity contribution in [2.75, 3.05) is 4.90 Å². The van der Waals surface area contributed by atoms with E-state index in [9.17, 15) is 0 Å². The minimum atomic E-state index is 0.812. The molecule has 10 rings (SSSR count). The summed E-state index contributed by atoms with van der Waals surface area (Å²) in [4.78, 5) is 7.64. The molecule has 0 saturated heterocycles. The van der Waals surface area contributed by atoms with E-state index in [4.69, 9.17) is 9.40 Å². The van der Waals surface area contributed by atoms with E-state index >= 15 is 0 Å². The summed E-state index contributed by atoms with van der Waals surface area (Å²) in [6.45, 7) is 1.63.